The summed E-state index contributed by atoms with van der Waals surface area (Å²) in [6.07, 6.45) is -0.523. The molecule has 0 bridgehead atoms. The van der Waals surface area contributed by atoms with Gasteiger partial charge in [-0.3, -0.25) is 9.48 Å². The molecule has 2 aromatic rings. The number of carbonyl (C=O) groups is 1. The molecule has 0 fully saturated rings. The van der Waals surface area contributed by atoms with Crippen molar-refractivity contribution in [2.75, 3.05) is 6.61 Å². The summed E-state index contributed by atoms with van der Waals surface area (Å²) in [7, 11) is 0. The summed E-state index contributed by atoms with van der Waals surface area (Å²) in [6, 6.07) is 2.92. The van der Waals surface area contributed by atoms with Crippen molar-refractivity contribution in [2.45, 2.75) is 13.0 Å². The fourth-order valence-electron chi connectivity index (χ4n) is 1.85. The molecule has 0 aliphatic carbocycles. The molecule has 0 saturated carbocycles. The van der Waals surface area contributed by atoms with Gasteiger partial charge in [-0.25, -0.2) is 13.2 Å². The van der Waals surface area contributed by atoms with Crippen LogP contribution in [0.25, 0.3) is 11.1 Å². The Balaban J connectivity index is 1.94. The van der Waals surface area contributed by atoms with Crippen molar-refractivity contribution in [3.05, 3.63) is 54.1 Å². The molecular weight excluding hydrogens is 335 g/mol. The third kappa shape index (κ3) is 4.90. The Kier molecular flexibility index (Phi) is 5.67. The Hall–Kier alpha value is -2.71. The topological polar surface area (TPSA) is 44.1 Å². The number of halogens is 5. The molecule has 2 rings (SSSR count). The summed E-state index contributed by atoms with van der Waals surface area (Å²) in [5.74, 6) is -3.97. The quantitative estimate of drug-likeness (QED) is 0.590. The molecule has 0 spiro atoms. The predicted molar refractivity (Wildman–Crippen MR) is 73.5 cm³/mol. The first-order chi connectivity index (χ1) is 11.3. The van der Waals surface area contributed by atoms with E-state index in [0.717, 1.165) is 22.9 Å². The average molecular weight is 346 g/mol. The fourth-order valence-corrected chi connectivity index (χ4v) is 1.85. The van der Waals surface area contributed by atoms with E-state index in [2.05, 4.69) is 9.84 Å². The molecule has 1 heterocycles. The van der Waals surface area contributed by atoms with Crippen molar-refractivity contribution in [1.29, 1.82) is 0 Å². The molecule has 0 amide bonds. The van der Waals surface area contributed by atoms with Crippen LogP contribution in [0.4, 0.5) is 22.0 Å². The minimum Gasteiger partial charge on any atom is -0.464 e. The third-order valence-electron chi connectivity index (χ3n) is 2.91. The minimum atomic E-state index is -2.45. The average Bonchev–Trinajstić information content (AvgIpc) is 2.94. The van der Waals surface area contributed by atoms with Crippen LogP contribution in [0.15, 0.2) is 42.5 Å². The molecule has 1 aromatic heterocycles. The van der Waals surface area contributed by atoms with Crippen molar-refractivity contribution in [3.63, 3.8) is 0 Å². The first-order valence-electron chi connectivity index (χ1n) is 6.69. The van der Waals surface area contributed by atoms with Gasteiger partial charge in [0, 0.05) is 24.2 Å². The fraction of sp³-hybridized carbons (Fsp3) is 0.200. The maximum Gasteiger partial charge on any atom is 0.327 e. The number of ether oxygens (including phenoxy) is 1. The van der Waals surface area contributed by atoms with E-state index in [4.69, 9.17) is 0 Å². The Labute approximate surface area is 133 Å². The summed E-state index contributed by atoms with van der Waals surface area (Å²) in [6.45, 7) is -0.896. The van der Waals surface area contributed by atoms with Crippen LogP contribution in [0.3, 0.4) is 0 Å². The number of rotatable bonds is 6. The number of aromatic nitrogens is 2. The van der Waals surface area contributed by atoms with Gasteiger partial charge in [-0.05, 0) is 17.7 Å². The molecule has 4 nitrogen and oxygen atoms in total. The Morgan fingerprint density at radius 1 is 1.08 bits per heavy atom. The van der Waals surface area contributed by atoms with E-state index in [0.29, 0.717) is 5.56 Å². The monoisotopic (exact) mass is 346 g/mol. The highest BCUT2D eigenvalue weighted by molar-refractivity contribution is 5.69. The molecular formula is C15H11F5N2O2. The van der Waals surface area contributed by atoms with Crippen LogP contribution in [0.5, 0.6) is 0 Å². The van der Waals surface area contributed by atoms with Gasteiger partial charge in [-0.15, -0.1) is 0 Å². The smallest absolute Gasteiger partial charge is 0.327 e. The van der Waals surface area contributed by atoms with Crippen molar-refractivity contribution in [1.82, 2.24) is 9.78 Å². The molecule has 1 aromatic carbocycles. The highest BCUT2D eigenvalue weighted by Crippen LogP contribution is 2.21. The standard InChI is InChI=1S/C15H11F5N2O2/c16-11-3-9(4-12(17)5-11)10-6-21-22(7-10)8-14(23)24-2-1-13(18)15(19)20/h3-7H,1-2,8H2. The zero-order valence-electron chi connectivity index (χ0n) is 12.1. The summed E-state index contributed by atoms with van der Waals surface area (Å²) in [4.78, 5) is 11.5. The lowest BCUT2D eigenvalue weighted by molar-refractivity contribution is -0.144. The summed E-state index contributed by atoms with van der Waals surface area (Å²) >= 11 is 0. The first-order valence-corrected chi connectivity index (χ1v) is 6.69. The maximum absolute atomic E-state index is 13.2. The van der Waals surface area contributed by atoms with Gasteiger partial charge in [0.2, 0.25) is 0 Å². The molecule has 0 unspecified atom stereocenters. The largest absolute Gasteiger partial charge is 0.464 e. The van der Waals surface area contributed by atoms with Crippen LogP contribution in [-0.2, 0) is 16.1 Å². The van der Waals surface area contributed by atoms with E-state index in [1.54, 1.807) is 0 Å². The Bertz CT molecular complexity index is 749. The summed E-state index contributed by atoms with van der Waals surface area (Å²) in [5, 5.41) is 3.83. The minimum absolute atomic E-state index is 0.234. The maximum atomic E-state index is 13.2. The van der Waals surface area contributed by atoms with Gasteiger partial charge in [-0.2, -0.15) is 13.9 Å². The SMILES string of the molecule is O=C(Cn1cc(-c2cc(F)cc(F)c2)cn1)OCCC(F)=C(F)F. The van der Waals surface area contributed by atoms with Gasteiger partial charge >= 0.3 is 12.0 Å². The van der Waals surface area contributed by atoms with Crippen LogP contribution in [0, 0.1) is 11.6 Å². The van der Waals surface area contributed by atoms with Crippen LogP contribution in [0.1, 0.15) is 6.42 Å². The lowest BCUT2D eigenvalue weighted by Gasteiger charge is -2.04. The Morgan fingerprint density at radius 3 is 2.38 bits per heavy atom. The molecule has 0 saturated heterocycles. The lowest BCUT2D eigenvalue weighted by Crippen LogP contribution is -2.14. The number of carbonyl (C=O) groups excluding carboxylic acids is 1. The van der Waals surface area contributed by atoms with E-state index in [-0.39, 0.29) is 12.1 Å². The van der Waals surface area contributed by atoms with Gasteiger partial charge in [-0.1, -0.05) is 0 Å². The molecule has 0 atom stereocenters. The second-order valence-corrected chi connectivity index (χ2v) is 4.72. The van der Waals surface area contributed by atoms with Crippen LogP contribution >= 0.6 is 0 Å². The van der Waals surface area contributed by atoms with Gasteiger partial charge in [0.15, 0.2) is 5.83 Å². The molecule has 9 heteroatoms. The molecule has 24 heavy (non-hydrogen) atoms. The van der Waals surface area contributed by atoms with E-state index in [1.165, 1.54) is 12.4 Å². The second-order valence-electron chi connectivity index (χ2n) is 4.72. The van der Waals surface area contributed by atoms with Gasteiger partial charge in [0.25, 0.3) is 0 Å². The highest BCUT2D eigenvalue weighted by atomic mass is 19.3. The van der Waals surface area contributed by atoms with Crippen molar-refractivity contribution < 1.29 is 31.5 Å². The number of nitrogens with zero attached hydrogens (tertiary/aromatic N) is 2. The normalized spacial score (nSPS) is 10.5. The van der Waals surface area contributed by atoms with Crippen molar-refractivity contribution in [3.8, 4) is 11.1 Å². The number of benzene rings is 1. The molecule has 0 radical (unpaired) electrons. The summed E-state index contributed by atoms with van der Waals surface area (Å²) in [5.41, 5.74) is 0.604. The third-order valence-corrected chi connectivity index (χ3v) is 2.91. The predicted octanol–water partition coefficient (Wildman–Crippen LogP) is 3.84. The van der Waals surface area contributed by atoms with Crippen LogP contribution < -0.4 is 0 Å². The van der Waals surface area contributed by atoms with E-state index in [9.17, 15) is 26.7 Å². The van der Waals surface area contributed by atoms with E-state index < -0.39 is 42.5 Å². The lowest BCUT2D eigenvalue weighted by atomic mass is 10.1. The first kappa shape index (κ1) is 17.6. The van der Waals surface area contributed by atoms with Crippen LogP contribution in [0.2, 0.25) is 0 Å². The van der Waals surface area contributed by atoms with Crippen molar-refractivity contribution >= 4 is 5.97 Å². The zero-order valence-corrected chi connectivity index (χ0v) is 12.1. The van der Waals surface area contributed by atoms with Gasteiger partial charge < -0.3 is 4.74 Å². The molecule has 0 aliphatic rings. The zero-order chi connectivity index (χ0) is 17.7. The molecule has 0 N–H and O–H groups in total. The van der Waals surface area contributed by atoms with Crippen LogP contribution in [-0.4, -0.2) is 22.4 Å². The Morgan fingerprint density at radius 2 is 1.75 bits per heavy atom. The molecule has 128 valence electrons. The van der Waals surface area contributed by atoms with Gasteiger partial charge in [0.05, 0.1) is 12.8 Å². The second kappa shape index (κ2) is 7.71. The van der Waals surface area contributed by atoms with Gasteiger partial charge in [0.1, 0.15) is 18.2 Å². The number of esters is 1. The number of hydrogen-bond donors (Lipinski definition) is 0. The number of hydrogen-bond acceptors (Lipinski definition) is 3. The van der Waals surface area contributed by atoms with Crippen molar-refractivity contribution in [2.24, 2.45) is 0 Å². The molecule has 0 aliphatic heterocycles. The highest BCUT2D eigenvalue weighted by Gasteiger charge is 2.11. The summed E-state index contributed by atoms with van der Waals surface area (Å²) < 4.78 is 68.2. The van der Waals surface area contributed by atoms with E-state index >= 15 is 0 Å². The van der Waals surface area contributed by atoms with E-state index in [1.807, 2.05) is 0 Å².